The van der Waals surface area contributed by atoms with Gasteiger partial charge >= 0.3 is 0 Å². The van der Waals surface area contributed by atoms with Gasteiger partial charge < -0.3 is 9.64 Å². The number of ether oxygens (including phenoxy) is 1. The number of amides is 2. The van der Waals surface area contributed by atoms with Crippen molar-refractivity contribution < 1.29 is 14.3 Å². The summed E-state index contributed by atoms with van der Waals surface area (Å²) < 4.78 is 5.80. The van der Waals surface area contributed by atoms with Gasteiger partial charge in [-0.2, -0.15) is 0 Å². The monoisotopic (exact) mass is 493 g/mol. The summed E-state index contributed by atoms with van der Waals surface area (Å²) in [4.78, 5) is 32.0. The maximum Gasteiger partial charge on any atom is 0.294 e. The number of carbonyl (C=O) groups is 2. The molecule has 0 unspecified atom stereocenters. The van der Waals surface area contributed by atoms with Crippen LogP contribution in [0.25, 0.3) is 6.08 Å². The minimum absolute atomic E-state index is 0.199. The molecule has 2 fully saturated rings. The van der Waals surface area contributed by atoms with Crippen LogP contribution in [0.5, 0.6) is 5.75 Å². The van der Waals surface area contributed by atoms with Crippen LogP contribution in [0.2, 0.25) is 0 Å². The normalized spacial score (nSPS) is 18.1. The van der Waals surface area contributed by atoms with E-state index in [2.05, 4.69) is 47.9 Å². The molecular formula is C28H35N3O3S. The molecule has 2 aliphatic rings. The van der Waals surface area contributed by atoms with Crippen LogP contribution < -0.4 is 9.64 Å². The summed E-state index contributed by atoms with van der Waals surface area (Å²) in [5, 5.41) is -0.199. The van der Waals surface area contributed by atoms with Gasteiger partial charge in [-0.05, 0) is 60.5 Å². The van der Waals surface area contributed by atoms with Gasteiger partial charge in [-0.25, -0.2) is 0 Å². The summed E-state index contributed by atoms with van der Waals surface area (Å²) >= 11 is 1.02. The van der Waals surface area contributed by atoms with E-state index in [0.29, 0.717) is 11.6 Å². The zero-order chi connectivity index (χ0) is 24.6. The number of thioether (sulfide) groups is 1. The molecule has 6 nitrogen and oxygen atoms in total. The van der Waals surface area contributed by atoms with Crippen LogP contribution in [0.3, 0.4) is 0 Å². The number of nitrogens with zero attached hydrogens (tertiary/aromatic N) is 3. The summed E-state index contributed by atoms with van der Waals surface area (Å²) in [5.41, 5.74) is 3.42. The number of aryl methyl sites for hydroxylation is 1. The molecule has 0 atom stereocenters. The van der Waals surface area contributed by atoms with Crippen molar-refractivity contribution in [1.29, 1.82) is 0 Å². The van der Waals surface area contributed by atoms with Gasteiger partial charge in [0.2, 0.25) is 0 Å². The summed E-state index contributed by atoms with van der Waals surface area (Å²) in [6, 6.07) is 16.1. The lowest BCUT2D eigenvalue weighted by Crippen LogP contribution is -2.51. The summed E-state index contributed by atoms with van der Waals surface area (Å²) in [6.45, 7) is 8.77. The van der Waals surface area contributed by atoms with Gasteiger partial charge in [-0.1, -0.05) is 56.5 Å². The third-order valence-electron chi connectivity index (χ3n) is 6.49. The number of imide groups is 1. The van der Waals surface area contributed by atoms with Crippen molar-refractivity contribution in [3.05, 3.63) is 64.6 Å². The zero-order valence-corrected chi connectivity index (χ0v) is 21.6. The van der Waals surface area contributed by atoms with Crippen LogP contribution in [0.15, 0.2) is 53.4 Å². The second-order valence-electron chi connectivity index (χ2n) is 9.12. The molecule has 2 aliphatic heterocycles. The SMILES string of the molecule is CCCCCCOc1ccc(C=C2SC(=O)N(CN3CCN(c4ccccc4C)CC3)C2=O)cc1. The fourth-order valence-corrected chi connectivity index (χ4v) is 5.23. The minimum atomic E-state index is -0.211. The third kappa shape index (κ3) is 6.67. The zero-order valence-electron chi connectivity index (χ0n) is 20.7. The van der Waals surface area contributed by atoms with Gasteiger partial charge in [0.25, 0.3) is 11.1 Å². The first-order valence-corrected chi connectivity index (χ1v) is 13.4. The van der Waals surface area contributed by atoms with Crippen LogP contribution >= 0.6 is 11.8 Å². The molecule has 2 aromatic carbocycles. The molecule has 35 heavy (non-hydrogen) atoms. The van der Waals surface area contributed by atoms with Crippen molar-refractivity contribution in [3.8, 4) is 5.75 Å². The second-order valence-corrected chi connectivity index (χ2v) is 10.1. The summed E-state index contributed by atoms with van der Waals surface area (Å²) in [5.74, 6) is 0.620. The number of hydrogen-bond acceptors (Lipinski definition) is 6. The molecule has 7 heteroatoms. The molecule has 0 aliphatic carbocycles. The standard InChI is InChI=1S/C28H35N3O3S/c1-3-4-5-8-19-34-24-13-11-23(12-14-24)20-26-27(32)31(28(33)35-26)21-29-15-17-30(18-16-29)25-10-7-6-9-22(25)2/h6-7,9-14,20H,3-5,8,15-19,21H2,1-2H3. The first-order valence-electron chi connectivity index (χ1n) is 12.6. The molecule has 0 N–H and O–H groups in total. The van der Waals surface area contributed by atoms with E-state index in [1.807, 2.05) is 24.3 Å². The number of benzene rings is 2. The quantitative estimate of drug-likeness (QED) is 0.309. The van der Waals surface area contributed by atoms with Crippen LogP contribution in [0.4, 0.5) is 10.5 Å². The molecular weight excluding hydrogens is 458 g/mol. The van der Waals surface area contributed by atoms with Crippen molar-refractivity contribution in [2.24, 2.45) is 0 Å². The number of hydrogen-bond donors (Lipinski definition) is 0. The fourth-order valence-electron chi connectivity index (χ4n) is 4.40. The van der Waals surface area contributed by atoms with Gasteiger partial charge in [0.05, 0.1) is 18.2 Å². The number of piperazine rings is 1. The maximum absolute atomic E-state index is 13.0. The van der Waals surface area contributed by atoms with Crippen molar-refractivity contribution >= 4 is 34.7 Å². The highest BCUT2D eigenvalue weighted by Gasteiger charge is 2.36. The largest absolute Gasteiger partial charge is 0.494 e. The molecule has 2 heterocycles. The number of para-hydroxylation sites is 1. The Balaban J connectivity index is 1.28. The first-order chi connectivity index (χ1) is 17.0. The number of rotatable bonds is 10. The van der Waals surface area contributed by atoms with Crippen molar-refractivity contribution in [2.45, 2.75) is 39.5 Å². The van der Waals surface area contributed by atoms with E-state index in [1.54, 1.807) is 6.08 Å². The third-order valence-corrected chi connectivity index (χ3v) is 7.40. The Hall–Kier alpha value is -2.77. The Kier molecular flexibility index (Phi) is 8.88. The van der Waals surface area contributed by atoms with E-state index in [9.17, 15) is 9.59 Å². The summed E-state index contributed by atoms with van der Waals surface area (Å²) in [7, 11) is 0. The van der Waals surface area contributed by atoms with Gasteiger partial charge in [0.15, 0.2) is 0 Å². The van der Waals surface area contributed by atoms with Crippen molar-refractivity contribution in [3.63, 3.8) is 0 Å². The van der Waals surface area contributed by atoms with E-state index in [1.165, 1.54) is 35.4 Å². The number of unbranched alkanes of at least 4 members (excludes halogenated alkanes) is 3. The highest BCUT2D eigenvalue weighted by Crippen LogP contribution is 2.33. The predicted molar refractivity (Wildman–Crippen MR) is 144 cm³/mol. The van der Waals surface area contributed by atoms with Gasteiger partial charge in [-0.15, -0.1) is 0 Å². The van der Waals surface area contributed by atoms with Crippen LogP contribution in [0.1, 0.15) is 43.7 Å². The molecule has 0 aromatic heterocycles. The van der Waals surface area contributed by atoms with E-state index < -0.39 is 0 Å². The molecule has 186 valence electrons. The Morgan fingerprint density at radius 1 is 0.943 bits per heavy atom. The molecule has 0 bridgehead atoms. The number of anilines is 1. The van der Waals surface area contributed by atoms with Crippen LogP contribution in [0, 0.1) is 6.92 Å². The van der Waals surface area contributed by atoms with Gasteiger partial charge in [0.1, 0.15) is 5.75 Å². The minimum Gasteiger partial charge on any atom is -0.494 e. The highest BCUT2D eigenvalue weighted by atomic mass is 32.2. The van der Waals surface area contributed by atoms with Gasteiger partial charge in [0, 0.05) is 31.9 Å². The van der Waals surface area contributed by atoms with E-state index >= 15 is 0 Å². The van der Waals surface area contributed by atoms with E-state index in [-0.39, 0.29) is 11.1 Å². The van der Waals surface area contributed by atoms with E-state index in [4.69, 9.17) is 4.74 Å². The lowest BCUT2D eigenvalue weighted by Gasteiger charge is -2.37. The topological polar surface area (TPSA) is 53.1 Å². The molecule has 2 aromatic rings. The van der Waals surface area contributed by atoms with E-state index in [0.717, 1.165) is 62.3 Å². The lowest BCUT2D eigenvalue weighted by atomic mass is 10.1. The Bertz CT molecular complexity index is 1050. The average molecular weight is 494 g/mol. The molecule has 2 saturated heterocycles. The van der Waals surface area contributed by atoms with Gasteiger partial charge in [-0.3, -0.25) is 19.4 Å². The molecule has 0 spiro atoms. The highest BCUT2D eigenvalue weighted by molar-refractivity contribution is 8.18. The molecule has 2 amide bonds. The molecule has 0 radical (unpaired) electrons. The number of carbonyl (C=O) groups excluding carboxylic acids is 2. The predicted octanol–water partition coefficient (Wildman–Crippen LogP) is 5.77. The smallest absolute Gasteiger partial charge is 0.294 e. The average Bonchev–Trinajstić information content (AvgIpc) is 3.13. The fraction of sp³-hybridized carbons (Fsp3) is 0.429. The Morgan fingerprint density at radius 3 is 2.40 bits per heavy atom. The molecule has 4 rings (SSSR count). The summed E-state index contributed by atoms with van der Waals surface area (Å²) in [6.07, 6.45) is 6.49. The first kappa shape index (κ1) is 25.3. The van der Waals surface area contributed by atoms with Crippen molar-refractivity contribution in [2.75, 3.05) is 44.4 Å². The maximum atomic E-state index is 13.0. The second kappa shape index (κ2) is 12.3. The lowest BCUT2D eigenvalue weighted by molar-refractivity contribution is -0.124. The van der Waals surface area contributed by atoms with Crippen LogP contribution in [-0.2, 0) is 4.79 Å². The Labute approximate surface area is 212 Å². The Morgan fingerprint density at radius 2 is 1.69 bits per heavy atom. The molecule has 0 saturated carbocycles. The van der Waals surface area contributed by atoms with Crippen molar-refractivity contribution in [1.82, 2.24) is 9.80 Å². The van der Waals surface area contributed by atoms with Crippen LogP contribution in [-0.4, -0.2) is 60.4 Å².